The first-order valence-corrected chi connectivity index (χ1v) is 3.08. The van der Waals surface area contributed by atoms with Gasteiger partial charge < -0.3 is 14.2 Å². The normalized spacial score (nSPS) is 11.7. The molecule has 0 amide bonds. The molecule has 0 radical (unpaired) electrons. The number of hydrogen-bond acceptors (Lipinski definition) is 4. The Labute approximate surface area is 65.1 Å². The second kappa shape index (κ2) is 8.55. The SMILES string of the molecule is C1=COC=CO1.CCOC=O. The minimum Gasteiger partial charge on any atom is -0.468 e. The molecule has 0 aromatic heterocycles. The van der Waals surface area contributed by atoms with Gasteiger partial charge in [0.05, 0.1) is 6.61 Å². The van der Waals surface area contributed by atoms with Gasteiger partial charge in [0.25, 0.3) is 6.47 Å². The van der Waals surface area contributed by atoms with Crippen LogP contribution in [0.15, 0.2) is 25.0 Å². The largest absolute Gasteiger partial charge is 0.468 e. The van der Waals surface area contributed by atoms with Crippen molar-refractivity contribution in [3.8, 4) is 0 Å². The van der Waals surface area contributed by atoms with Crippen molar-refractivity contribution < 1.29 is 19.0 Å². The zero-order valence-electron chi connectivity index (χ0n) is 6.23. The van der Waals surface area contributed by atoms with Crippen LogP contribution < -0.4 is 0 Å². The number of rotatable bonds is 2. The minimum absolute atomic E-state index is 0.431. The van der Waals surface area contributed by atoms with Crippen LogP contribution in [0.1, 0.15) is 6.92 Å². The quantitative estimate of drug-likeness (QED) is 0.565. The van der Waals surface area contributed by atoms with E-state index in [2.05, 4.69) is 14.2 Å². The van der Waals surface area contributed by atoms with Crippen LogP contribution >= 0.6 is 0 Å². The number of hydrogen-bond donors (Lipinski definition) is 0. The zero-order chi connectivity index (χ0) is 8.36. The van der Waals surface area contributed by atoms with Gasteiger partial charge in [-0.15, -0.1) is 0 Å². The maximum absolute atomic E-state index is 9.18. The van der Waals surface area contributed by atoms with Gasteiger partial charge >= 0.3 is 0 Å². The van der Waals surface area contributed by atoms with Crippen molar-refractivity contribution in [3.63, 3.8) is 0 Å². The third-order valence-electron chi connectivity index (χ3n) is 0.660. The average Bonchev–Trinajstić information content (AvgIpc) is 2.10. The molecular weight excluding hydrogens is 148 g/mol. The van der Waals surface area contributed by atoms with E-state index in [9.17, 15) is 4.79 Å². The Balaban J connectivity index is 0.000000187. The maximum atomic E-state index is 9.18. The van der Waals surface area contributed by atoms with E-state index in [1.54, 1.807) is 6.92 Å². The molecule has 0 aromatic rings. The molecule has 11 heavy (non-hydrogen) atoms. The van der Waals surface area contributed by atoms with Crippen LogP contribution in [-0.4, -0.2) is 13.1 Å². The number of carbonyl (C=O) groups excluding carboxylic acids is 1. The van der Waals surface area contributed by atoms with E-state index in [-0.39, 0.29) is 0 Å². The summed E-state index contributed by atoms with van der Waals surface area (Å²) in [5.74, 6) is 0. The lowest BCUT2D eigenvalue weighted by Gasteiger charge is -1.94. The molecule has 1 heterocycles. The number of carbonyl (C=O) groups is 1. The van der Waals surface area contributed by atoms with Crippen LogP contribution in [0, 0.1) is 0 Å². The Bertz CT molecular complexity index is 119. The Kier molecular flexibility index (Phi) is 7.42. The second-order valence-electron chi connectivity index (χ2n) is 1.37. The summed E-state index contributed by atoms with van der Waals surface area (Å²) in [6.45, 7) is 2.66. The minimum atomic E-state index is 0.431. The lowest BCUT2D eigenvalue weighted by molar-refractivity contribution is -0.128. The van der Waals surface area contributed by atoms with Gasteiger partial charge in [-0.3, -0.25) is 4.79 Å². The zero-order valence-corrected chi connectivity index (χ0v) is 6.23. The van der Waals surface area contributed by atoms with E-state index in [0.29, 0.717) is 13.1 Å². The molecular formula is C7H10O4. The predicted molar refractivity (Wildman–Crippen MR) is 38.1 cm³/mol. The van der Waals surface area contributed by atoms with Gasteiger partial charge in [-0.2, -0.15) is 0 Å². The van der Waals surface area contributed by atoms with E-state index in [0.717, 1.165) is 0 Å². The summed E-state index contributed by atoms with van der Waals surface area (Å²) in [4.78, 5) is 9.18. The van der Waals surface area contributed by atoms with Crippen molar-refractivity contribution >= 4 is 6.47 Å². The van der Waals surface area contributed by atoms with Crippen molar-refractivity contribution in [2.24, 2.45) is 0 Å². The highest BCUT2D eigenvalue weighted by molar-refractivity contribution is 5.36. The van der Waals surface area contributed by atoms with Crippen LogP contribution in [0.2, 0.25) is 0 Å². The fourth-order valence-electron chi connectivity index (χ4n) is 0.287. The summed E-state index contributed by atoms with van der Waals surface area (Å²) in [5, 5.41) is 0. The Morgan fingerprint density at radius 1 is 1.27 bits per heavy atom. The molecule has 62 valence electrons. The van der Waals surface area contributed by atoms with Gasteiger partial charge in [0.1, 0.15) is 25.0 Å². The molecule has 0 atom stereocenters. The molecule has 4 heteroatoms. The van der Waals surface area contributed by atoms with Crippen LogP contribution in [0.25, 0.3) is 0 Å². The smallest absolute Gasteiger partial charge is 0.293 e. The fourth-order valence-corrected chi connectivity index (χ4v) is 0.287. The molecule has 1 aliphatic heterocycles. The molecule has 0 spiro atoms. The van der Waals surface area contributed by atoms with E-state index in [4.69, 9.17) is 0 Å². The highest BCUT2D eigenvalue weighted by atomic mass is 16.5. The third kappa shape index (κ3) is 8.55. The van der Waals surface area contributed by atoms with Crippen molar-refractivity contribution in [3.05, 3.63) is 25.0 Å². The first kappa shape index (κ1) is 9.55. The molecule has 0 aromatic carbocycles. The van der Waals surface area contributed by atoms with Crippen LogP contribution in [-0.2, 0) is 19.0 Å². The summed E-state index contributed by atoms with van der Waals surface area (Å²) in [7, 11) is 0. The molecule has 0 N–H and O–H groups in total. The number of ether oxygens (including phenoxy) is 3. The summed E-state index contributed by atoms with van der Waals surface area (Å²) in [6, 6.07) is 0. The van der Waals surface area contributed by atoms with Crippen LogP contribution in [0.5, 0.6) is 0 Å². The lowest BCUT2D eigenvalue weighted by Crippen LogP contribution is -1.80. The third-order valence-corrected chi connectivity index (χ3v) is 0.660. The van der Waals surface area contributed by atoms with Gasteiger partial charge in [-0.05, 0) is 6.92 Å². The van der Waals surface area contributed by atoms with E-state index >= 15 is 0 Å². The van der Waals surface area contributed by atoms with Crippen molar-refractivity contribution in [1.29, 1.82) is 0 Å². The molecule has 0 bridgehead atoms. The van der Waals surface area contributed by atoms with E-state index in [1.165, 1.54) is 25.0 Å². The van der Waals surface area contributed by atoms with E-state index in [1.807, 2.05) is 0 Å². The molecule has 1 rings (SSSR count). The molecule has 0 unspecified atom stereocenters. The molecule has 0 saturated carbocycles. The summed E-state index contributed by atoms with van der Waals surface area (Å²) >= 11 is 0. The standard InChI is InChI=1S/C4H4O2.C3H6O2/c1-2-6-4-3-5-1;1-2-5-3-4/h1-4H;3H,2H2,1H3. The van der Waals surface area contributed by atoms with Gasteiger partial charge in [-0.1, -0.05) is 0 Å². The monoisotopic (exact) mass is 158 g/mol. The van der Waals surface area contributed by atoms with Gasteiger partial charge in [0.15, 0.2) is 0 Å². The molecule has 0 aliphatic carbocycles. The fraction of sp³-hybridized carbons (Fsp3) is 0.286. The van der Waals surface area contributed by atoms with Crippen molar-refractivity contribution in [2.75, 3.05) is 6.61 Å². The van der Waals surface area contributed by atoms with Crippen LogP contribution in [0.4, 0.5) is 0 Å². The lowest BCUT2D eigenvalue weighted by atomic mass is 10.9. The second-order valence-corrected chi connectivity index (χ2v) is 1.37. The Morgan fingerprint density at radius 3 is 1.82 bits per heavy atom. The van der Waals surface area contributed by atoms with E-state index < -0.39 is 0 Å². The summed E-state index contributed by atoms with van der Waals surface area (Å²) in [5.41, 5.74) is 0. The van der Waals surface area contributed by atoms with Crippen LogP contribution in [0.3, 0.4) is 0 Å². The van der Waals surface area contributed by atoms with Gasteiger partial charge in [0, 0.05) is 0 Å². The molecule has 0 saturated heterocycles. The summed E-state index contributed by atoms with van der Waals surface area (Å²) in [6.07, 6.45) is 5.83. The average molecular weight is 158 g/mol. The molecule has 1 aliphatic rings. The molecule has 4 nitrogen and oxygen atoms in total. The highest BCUT2D eigenvalue weighted by Gasteiger charge is 1.74. The van der Waals surface area contributed by atoms with Crippen molar-refractivity contribution in [1.82, 2.24) is 0 Å². The summed E-state index contributed by atoms with van der Waals surface area (Å²) < 4.78 is 13.3. The van der Waals surface area contributed by atoms with Crippen molar-refractivity contribution in [2.45, 2.75) is 6.92 Å². The Morgan fingerprint density at radius 2 is 1.73 bits per heavy atom. The van der Waals surface area contributed by atoms with Gasteiger partial charge in [0.2, 0.25) is 0 Å². The maximum Gasteiger partial charge on any atom is 0.293 e. The van der Waals surface area contributed by atoms with Gasteiger partial charge in [-0.25, -0.2) is 0 Å². The molecule has 0 fully saturated rings. The first-order valence-electron chi connectivity index (χ1n) is 3.08. The Hall–Kier alpha value is -1.45. The predicted octanol–water partition coefficient (Wildman–Crippen LogP) is 1.15. The highest BCUT2D eigenvalue weighted by Crippen LogP contribution is 1.89. The first-order chi connectivity index (χ1) is 5.41. The topological polar surface area (TPSA) is 44.8 Å².